The van der Waals surface area contributed by atoms with Gasteiger partial charge in [0, 0.05) is 24.1 Å². The number of hydrogen-bond acceptors (Lipinski definition) is 2. The summed E-state index contributed by atoms with van der Waals surface area (Å²) < 4.78 is 1.89. The number of hydrogen-bond donors (Lipinski definition) is 2. The Kier molecular flexibility index (Phi) is 3.88. The second kappa shape index (κ2) is 5.72. The molecular weight excluding hydrogens is 292 g/mol. The maximum absolute atomic E-state index is 12.7. The van der Waals surface area contributed by atoms with Crippen LogP contribution in [-0.2, 0) is 11.8 Å². The molecule has 1 amide bonds. The Hall–Kier alpha value is -2.30. The van der Waals surface area contributed by atoms with Crippen molar-refractivity contribution in [2.45, 2.75) is 38.1 Å². The number of carboxylic acid groups (broad SMARTS) is 1. The van der Waals surface area contributed by atoms with Gasteiger partial charge >= 0.3 is 5.97 Å². The zero-order valence-corrected chi connectivity index (χ0v) is 13.5. The molecule has 5 nitrogen and oxygen atoms in total. The largest absolute Gasteiger partial charge is 0.480 e. The molecule has 1 heterocycles. The van der Waals surface area contributed by atoms with Crippen LogP contribution in [0, 0.1) is 5.92 Å². The summed E-state index contributed by atoms with van der Waals surface area (Å²) in [6.07, 6.45) is 4.38. The smallest absolute Gasteiger partial charge is 0.329 e. The van der Waals surface area contributed by atoms with E-state index in [1.165, 1.54) is 0 Å². The summed E-state index contributed by atoms with van der Waals surface area (Å²) in [6, 6.07) is 7.64. The van der Waals surface area contributed by atoms with E-state index in [9.17, 15) is 14.7 Å². The molecule has 2 N–H and O–H groups in total. The van der Waals surface area contributed by atoms with Gasteiger partial charge < -0.3 is 15.0 Å². The minimum absolute atomic E-state index is 0.307. The molecule has 0 saturated heterocycles. The number of nitrogens with one attached hydrogen (secondary N) is 1. The van der Waals surface area contributed by atoms with Crippen molar-refractivity contribution in [3.05, 3.63) is 36.0 Å². The van der Waals surface area contributed by atoms with Crippen molar-refractivity contribution in [3.63, 3.8) is 0 Å². The van der Waals surface area contributed by atoms with Gasteiger partial charge in [0.05, 0.1) is 5.56 Å². The molecule has 122 valence electrons. The van der Waals surface area contributed by atoms with Crippen LogP contribution in [-0.4, -0.2) is 27.1 Å². The van der Waals surface area contributed by atoms with Crippen molar-refractivity contribution in [2.75, 3.05) is 0 Å². The van der Waals surface area contributed by atoms with Crippen molar-refractivity contribution in [1.29, 1.82) is 0 Å². The number of aliphatic carboxylic acids is 1. The van der Waals surface area contributed by atoms with Gasteiger partial charge in [0.1, 0.15) is 5.54 Å². The van der Waals surface area contributed by atoms with Crippen molar-refractivity contribution in [1.82, 2.24) is 9.88 Å². The van der Waals surface area contributed by atoms with Crippen LogP contribution in [0.25, 0.3) is 10.9 Å². The van der Waals surface area contributed by atoms with Crippen LogP contribution in [0.15, 0.2) is 30.5 Å². The van der Waals surface area contributed by atoms with E-state index in [0.717, 1.165) is 23.7 Å². The number of carbonyl (C=O) groups excluding carboxylic acids is 1. The van der Waals surface area contributed by atoms with Gasteiger partial charge in [-0.25, -0.2) is 4.79 Å². The molecule has 23 heavy (non-hydrogen) atoms. The molecule has 5 heteroatoms. The van der Waals surface area contributed by atoms with Crippen LogP contribution in [0.1, 0.15) is 43.0 Å². The number of carboxylic acids is 1. The normalized spacial score (nSPS) is 24.5. The van der Waals surface area contributed by atoms with Crippen LogP contribution in [0.4, 0.5) is 0 Å². The third-order valence-corrected chi connectivity index (χ3v) is 5.03. The molecule has 1 aliphatic rings. The summed E-state index contributed by atoms with van der Waals surface area (Å²) in [5, 5.41) is 13.3. The minimum atomic E-state index is -1.14. The number of para-hydroxylation sites is 1. The van der Waals surface area contributed by atoms with E-state index in [1.807, 2.05) is 35.9 Å². The molecular formula is C18H22N2O3. The monoisotopic (exact) mass is 314 g/mol. The standard InChI is InChI=1S/C18H22N2O3/c1-12-7-9-18(10-8-12,17(22)23)19-16(21)14-11-20(2)15-6-4-3-5-13(14)15/h3-6,11-12H,7-10H2,1-2H3,(H,19,21)(H,22,23). The highest BCUT2D eigenvalue weighted by Gasteiger charge is 2.42. The van der Waals surface area contributed by atoms with Gasteiger partial charge in [0.25, 0.3) is 5.91 Å². The number of aromatic nitrogens is 1. The SMILES string of the molecule is CC1CCC(NC(=O)c2cn(C)c3ccccc23)(C(=O)O)CC1. The predicted molar refractivity (Wildman–Crippen MR) is 88.4 cm³/mol. The topological polar surface area (TPSA) is 71.3 Å². The van der Waals surface area contributed by atoms with E-state index in [-0.39, 0.29) is 5.91 Å². The van der Waals surface area contributed by atoms with Crippen LogP contribution < -0.4 is 5.32 Å². The lowest BCUT2D eigenvalue weighted by Gasteiger charge is -2.36. The van der Waals surface area contributed by atoms with Crippen LogP contribution in [0.2, 0.25) is 0 Å². The zero-order valence-electron chi connectivity index (χ0n) is 13.5. The molecule has 0 aliphatic heterocycles. The molecule has 2 aromatic rings. The van der Waals surface area contributed by atoms with E-state index in [4.69, 9.17) is 0 Å². The van der Waals surface area contributed by atoms with Gasteiger partial charge in [-0.05, 0) is 37.7 Å². The Labute approximate surface area is 135 Å². The number of benzene rings is 1. The summed E-state index contributed by atoms with van der Waals surface area (Å²) in [5.41, 5.74) is 0.349. The predicted octanol–water partition coefficient (Wildman–Crippen LogP) is 2.94. The van der Waals surface area contributed by atoms with Crippen molar-refractivity contribution < 1.29 is 14.7 Å². The van der Waals surface area contributed by atoms with Gasteiger partial charge in [-0.3, -0.25) is 4.79 Å². The first-order chi connectivity index (χ1) is 10.9. The highest BCUT2D eigenvalue weighted by molar-refractivity contribution is 6.08. The summed E-state index contributed by atoms with van der Waals surface area (Å²) in [7, 11) is 1.88. The van der Waals surface area contributed by atoms with Gasteiger partial charge in [0.2, 0.25) is 0 Å². The molecule has 0 unspecified atom stereocenters. The van der Waals surface area contributed by atoms with E-state index in [2.05, 4.69) is 12.2 Å². The Balaban J connectivity index is 1.91. The van der Waals surface area contributed by atoms with Gasteiger partial charge in [-0.15, -0.1) is 0 Å². The maximum atomic E-state index is 12.7. The first-order valence-electron chi connectivity index (χ1n) is 8.03. The van der Waals surface area contributed by atoms with Crippen molar-refractivity contribution in [3.8, 4) is 0 Å². The fourth-order valence-corrected chi connectivity index (χ4v) is 3.45. The van der Waals surface area contributed by atoms with E-state index in [0.29, 0.717) is 24.3 Å². The van der Waals surface area contributed by atoms with E-state index >= 15 is 0 Å². The quantitative estimate of drug-likeness (QED) is 0.915. The highest BCUT2D eigenvalue weighted by Crippen LogP contribution is 2.33. The second-order valence-corrected chi connectivity index (χ2v) is 6.69. The minimum Gasteiger partial charge on any atom is -0.480 e. The summed E-state index contributed by atoms with van der Waals surface area (Å²) in [5.74, 6) is -0.728. The average molecular weight is 314 g/mol. The zero-order chi connectivity index (χ0) is 16.6. The first kappa shape index (κ1) is 15.6. The second-order valence-electron chi connectivity index (χ2n) is 6.69. The third-order valence-electron chi connectivity index (χ3n) is 5.03. The highest BCUT2D eigenvalue weighted by atomic mass is 16.4. The summed E-state index contributed by atoms with van der Waals surface area (Å²) in [6.45, 7) is 2.12. The van der Waals surface area contributed by atoms with Gasteiger partial charge in [0.15, 0.2) is 0 Å². The lowest BCUT2D eigenvalue weighted by molar-refractivity contribution is -0.146. The lowest BCUT2D eigenvalue weighted by atomic mass is 9.77. The number of aryl methyl sites for hydroxylation is 1. The molecule has 0 spiro atoms. The molecule has 0 atom stereocenters. The van der Waals surface area contributed by atoms with E-state index in [1.54, 1.807) is 6.20 Å². The molecule has 1 aliphatic carbocycles. The summed E-state index contributed by atoms with van der Waals surface area (Å²) in [4.78, 5) is 24.5. The fraction of sp³-hybridized carbons (Fsp3) is 0.444. The molecule has 3 rings (SSSR count). The molecule has 1 aromatic heterocycles. The fourth-order valence-electron chi connectivity index (χ4n) is 3.45. The number of fused-ring (bicyclic) bond motifs is 1. The van der Waals surface area contributed by atoms with Crippen LogP contribution >= 0.6 is 0 Å². The van der Waals surface area contributed by atoms with Crippen molar-refractivity contribution >= 4 is 22.8 Å². The van der Waals surface area contributed by atoms with E-state index < -0.39 is 11.5 Å². The Morgan fingerprint density at radius 3 is 2.57 bits per heavy atom. The third kappa shape index (κ3) is 2.71. The number of carbonyl (C=O) groups is 2. The molecule has 0 bridgehead atoms. The Bertz CT molecular complexity index is 755. The van der Waals surface area contributed by atoms with Crippen LogP contribution in [0.3, 0.4) is 0 Å². The molecule has 1 fully saturated rings. The maximum Gasteiger partial charge on any atom is 0.329 e. The average Bonchev–Trinajstić information content (AvgIpc) is 2.87. The molecule has 0 radical (unpaired) electrons. The lowest BCUT2D eigenvalue weighted by Crippen LogP contribution is -2.56. The summed E-state index contributed by atoms with van der Waals surface area (Å²) >= 11 is 0. The number of nitrogens with zero attached hydrogens (tertiary/aromatic N) is 1. The van der Waals surface area contributed by atoms with Gasteiger partial charge in [-0.2, -0.15) is 0 Å². The number of amides is 1. The molecule has 1 aromatic carbocycles. The first-order valence-corrected chi connectivity index (χ1v) is 8.03. The Morgan fingerprint density at radius 1 is 1.26 bits per heavy atom. The molecule has 1 saturated carbocycles. The van der Waals surface area contributed by atoms with Crippen LogP contribution in [0.5, 0.6) is 0 Å². The number of rotatable bonds is 3. The van der Waals surface area contributed by atoms with Crippen molar-refractivity contribution in [2.24, 2.45) is 13.0 Å². The van der Waals surface area contributed by atoms with Gasteiger partial charge in [-0.1, -0.05) is 25.1 Å². The Morgan fingerprint density at radius 2 is 1.91 bits per heavy atom.